The summed E-state index contributed by atoms with van der Waals surface area (Å²) in [5.74, 6) is 1.52. The van der Waals surface area contributed by atoms with Gasteiger partial charge in [0, 0.05) is 62.2 Å². The molecule has 0 aromatic rings. The van der Waals surface area contributed by atoms with Crippen LogP contribution in [0, 0.1) is 23.7 Å². The van der Waals surface area contributed by atoms with Gasteiger partial charge < -0.3 is 9.47 Å². The standard InChI is InChI=1S/C33H55ClN4O3/c1-40-30-18-17-23(19-31(30)41-2)28-20-29(38(35-28)33(39)25-15-9-10-16-27(25)34)26-21-37(24-13-7-4-8-14-24)36-32(26)22-11-5-3-6-12-22/h22-27,29-32,36H,3-21H2,1-2H3. The van der Waals surface area contributed by atoms with Gasteiger partial charge in [0.05, 0.1) is 24.2 Å². The number of alkyl halides is 1. The fraction of sp³-hybridized carbons (Fsp3) is 0.939. The molecule has 7 nitrogen and oxygen atoms in total. The first kappa shape index (κ1) is 30.3. The number of carbonyl (C=O) groups is 1. The van der Waals surface area contributed by atoms with Gasteiger partial charge in [-0.25, -0.2) is 10.0 Å². The number of amides is 1. The lowest BCUT2D eigenvalue weighted by molar-refractivity contribution is -0.139. The summed E-state index contributed by atoms with van der Waals surface area (Å²) in [5.41, 5.74) is 5.33. The Morgan fingerprint density at radius 2 is 1.54 bits per heavy atom. The van der Waals surface area contributed by atoms with Crippen molar-refractivity contribution < 1.29 is 14.3 Å². The number of rotatable bonds is 7. The average Bonchev–Trinajstić information content (AvgIpc) is 3.67. The summed E-state index contributed by atoms with van der Waals surface area (Å²) in [6, 6.07) is 1.18. The summed E-state index contributed by atoms with van der Waals surface area (Å²) in [7, 11) is 3.60. The molecule has 4 aliphatic carbocycles. The summed E-state index contributed by atoms with van der Waals surface area (Å²) in [5, 5.41) is 9.84. The number of hydrazone groups is 1. The van der Waals surface area contributed by atoms with E-state index in [1.54, 1.807) is 14.2 Å². The first-order valence-corrected chi connectivity index (χ1v) is 17.6. The first-order valence-electron chi connectivity index (χ1n) is 17.2. The normalized spacial score (nSPS) is 40.2. The van der Waals surface area contributed by atoms with E-state index in [1.165, 1.54) is 69.9 Å². The molecule has 0 spiro atoms. The Hall–Kier alpha value is -0.730. The molecule has 8 atom stereocenters. The molecule has 8 unspecified atom stereocenters. The van der Waals surface area contributed by atoms with Crippen LogP contribution in [0.3, 0.4) is 0 Å². The third-order valence-corrected chi connectivity index (χ3v) is 12.4. The Balaban J connectivity index is 1.27. The van der Waals surface area contributed by atoms with Crippen molar-refractivity contribution in [2.45, 2.75) is 151 Å². The predicted molar refractivity (Wildman–Crippen MR) is 164 cm³/mol. The second-order valence-corrected chi connectivity index (χ2v) is 14.7. The Labute approximate surface area is 253 Å². The highest BCUT2D eigenvalue weighted by atomic mass is 35.5. The van der Waals surface area contributed by atoms with Crippen LogP contribution >= 0.6 is 11.6 Å². The molecule has 1 amide bonds. The van der Waals surface area contributed by atoms with Crippen LogP contribution in [-0.2, 0) is 14.3 Å². The molecular formula is C33H55ClN4O3. The van der Waals surface area contributed by atoms with Crippen LogP contribution in [0.25, 0.3) is 0 Å². The smallest absolute Gasteiger partial charge is 0.247 e. The molecule has 232 valence electrons. The van der Waals surface area contributed by atoms with E-state index < -0.39 is 0 Å². The van der Waals surface area contributed by atoms with Crippen LogP contribution in [0.5, 0.6) is 0 Å². The number of carbonyl (C=O) groups excluding carboxylic acids is 1. The molecule has 6 rings (SSSR count). The SMILES string of the molecule is COC1CCC(C2=NN(C(=O)C3CCCCC3Cl)C(C3CN(C4CCCCC4)NC3C3CCCCC3)C2)CC1OC. The van der Waals surface area contributed by atoms with Crippen molar-refractivity contribution in [1.82, 2.24) is 15.4 Å². The summed E-state index contributed by atoms with van der Waals surface area (Å²) in [4.78, 5) is 14.3. The lowest BCUT2D eigenvalue weighted by Crippen LogP contribution is -2.50. The van der Waals surface area contributed by atoms with Crippen LogP contribution in [0.2, 0.25) is 0 Å². The Morgan fingerprint density at radius 1 is 0.854 bits per heavy atom. The number of ether oxygens (including phenoxy) is 2. The van der Waals surface area contributed by atoms with E-state index >= 15 is 0 Å². The minimum Gasteiger partial charge on any atom is -0.379 e. The summed E-state index contributed by atoms with van der Waals surface area (Å²) in [6.07, 6.45) is 21.4. The highest BCUT2D eigenvalue weighted by Gasteiger charge is 2.51. The third kappa shape index (κ3) is 6.55. The molecule has 0 aromatic carbocycles. The molecule has 4 saturated carbocycles. The number of nitrogens with one attached hydrogen (secondary N) is 1. The minimum atomic E-state index is -0.107. The maximum Gasteiger partial charge on any atom is 0.247 e. The molecule has 0 radical (unpaired) electrons. The number of hydrazine groups is 1. The molecule has 1 saturated heterocycles. The van der Waals surface area contributed by atoms with E-state index in [0.717, 1.165) is 57.9 Å². The zero-order valence-corrected chi connectivity index (χ0v) is 26.4. The average molecular weight is 591 g/mol. The molecule has 6 aliphatic rings. The van der Waals surface area contributed by atoms with Gasteiger partial charge in [-0.15, -0.1) is 11.6 Å². The number of hydrogen-bond donors (Lipinski definition) is 1. The molecule has 8 heteroatoms. The van der Waals surface area contributed by atoms with E-state index in [0.29, 0.717) is 29.8 Å². The van der Waals surface area contributed by atoms with Crippen LogP contribution < -0.4 is 5.43 Å². The second kappa shape index (κ2) is 13.9. The first-order chi connectivity index (χ1) is 20.1. The Morgan fingerprint density at radius 3 is 2.24 bits per heavy atom. The summed E-state index contributed by atoms with van der Waals surface area (Å²) < 4.78 is 11.6. The van der Waals surface area contributed by atoms with Crippen LogP contribution in [0.4, 0.5) is 0 Å². The molecule has 0 aromatic heterocycles. The van der Waals surface area contributed by atoms with E-state index in [2.05, 4.69) is 10.4 Å². The topological polar surface area (TPSA) is 66.4 Å². The van der Waals surface area contributed by atoms with Crippen molar-refractivity contribution in [2.24, 2.45) is 28.8 Å². The third-order valence-electron chi connectivity index (χ3n) is 11.9. The van der Waals surface area contributed by atoms with Gasteiger partial charge in [0.15, 0.2) is 0 Å². The number of methoxy groups -OCH3 is 2. The maximum absolute atomic E-state index is 14.3. The zero-order valence-electron chi connectivity index (χ0n) is 25.7. The van der Waals surface area contributed by atoms with E-state index in [4.69, 9.17) is 26.2 Å². The number of hydrogen-bond acceptors (Lipinski definition) is 6. The molecule has 2 heterocycles. The highest BCUT2D eigenvalue weighted by molar-refractivity contribution is 6.22. The van der Waals surface area contributed by atoms with Crippen LogP contribution in [-0.4, -0.2) is 78.1 Å². The quantitative estimate of drug-likeness (QED) is 0.353. The molecular weight excluding hydrogens is 536 g/mol. The van der Waals surface area contributed by atoms with Gasteiger partial charge in [0.25, 0.3) is 0 Å². The van der Waals surface area contributed by atoms with Gasteiger partial charge in [-0.1, -0.05) is 51.4 Å². The molecule has 5 fully saturated rings. The van der Waals surface area contributed by atoms with Crippen molar-refractivity contribution in [3.8, 4) is 0 Å². The van der Waals surface area contributed by atoms with Crippen LogP contribution in [0.15, 0.2) is 5.10 Å². The van der Waals surface area contributed by atoms with Crippen LogP contribution in [0.1, 0.15) is 116 Å². The largest absolute Gasteiger partial charge is 0.379 e. The van der Waals surface area contributed by atoms with Gasteiger partial charge in [-0.2, -0.15) is 5.10 Å². The van der Waals surface area contributed by atoms with Gasteiger partial charge in [-0.3, -0.25) is 10.2 Å². The van der Waals surface area contributed by atoms with E-state index in [-0.39, 0.29) is 35.5 Å². The monoisotopic (exact) mass is 590 g/mol. The minimum absolute atomic E-state index is 0.0688. The van der Waals surface area contributed by atoms with Gasteiger partial charge in [0.1, 0.15) is 0 Å². The highest BCUT2D eigenvalue weighted by Crippen LogP contribution is 2.42. The maximum atomic E-state index is 14.3. The lowest BCUT2D eigenvalue weighted by atomic mass is 9.75. The predicted octanol–water partition coefficient (Wildman–Crippen LogP) is 6.29. The van der Waals surface area contributed by atoms with Crippen molar-refractivity contribution in [3.05, 3.63) is 0 Å². The Kier molecular flexibility index (Phi) is 10.3. The summed E-state index contributed by atoms with van der Waals surface area (Å²) >= 11 is 6.85. The molecule has 0 bridgehead atoms. The van der Waals surface area contributed by atoms with Crippen molar-refractivity contribution in [2.75, 3.05) is 20.8 Å². The van der Waals surface area contributed by atoms with Crippen molar-refractivity contribution >= 4 is 23.2 Å². The summed E-state index contributed by atoms with van der Waals surface area (Å²) in [6.45, 7) is 1.04. The number of nitrogens with zero attached hydrogens (tertiary/aromatic N) is 3. The fourth-order valence-corrected chi connectivity index (χ4v) is 9.83. The van der Waals surface area contributed by atoms with E-state index in [9.17, 15) is 4.79 Å². The van der Waals surface area contributed by atoms with Gasteiger partial charge >= 0.3 is 0 Å². The molecule has 2 aliphatic heterocycles. The molecule has 1 N–H and O–H groups in total. The van der Waals surface area contributed by atoms with Gasteiger partial charge in [-0.05, 0) is 63.7 Å². The van der Waals surface area contributed by atoms with Crippen molar-refractivity contribution in [1.29, 1.82) is 0 Å². The lowest BCUT2D eigenvalue weighted by Gasteiger charge is -2.37. The second-order valence-electron chi connectivity index (χ2n) is 14.2. The number of halogens is 1. The molecule has 41 heavy (non-hydrogen) atoms. The fourth-order valence-electron chi connectivity index (χ4n) is 9.44. The zero-order chi connectivity index (χ0) is 28.3. The van der Waals surface area contributed by atoms with Gasteiger partial charge in [0.2, 0.25) is 5.91 Å². The van der Waals surface area contributed by atoms with Crippen molar-refractivity contribution in [3.63, 3.8) is 0 Å². The van der Waals surface area contributed by atoms with E-state index in [1.807, 2.05) is 5.01 Å². The Bertz CT molecular complexity index is 907.